The zero-order chi connectivity index (χ0) is 16.2. The first-order valence-corrected chi connectivity index (χ1v) is 7.50. The summed E-state index contributed by atoms with van der Waals surface area (Å²) in [7, 11) is 0. The number of ether oxygens (including phenoxy) is 2. The number of aromatic carboxylic acids is 1. The maximum absolute atomic E-state index is 11.5. The molecule has 1 N–H and O–H groups in total. The number of rotatable bonds is 5. The van der Waals surface area contributed by atoms with Gasteiger partial charge in [0.2, 0.25) is 0 Å². The molecule has 5 nitrogen and oxygen atoms in total. The number of halogens is 1. The molecule has 116 valence electrons. The van der Waals surface area contributed by atoms with Crippen LogP contribution in [0.3, 0.4) is 0 Å². The largest absolute Gasteiger partial charge is 0.478 e. The summed E-state index contributed by atoms with van der Waals surface area (Å²) in [4.78, 5) is 22.7. The molecular weight excluding hydrogens is 387 g/mol. The molecule has 0 aliphatic carbocycles. The normalized spacial score (nSPS) is 11.3. The van der Waals surface area contributed by atoms with Crippen LogP contribution in [0.15, 0.2) is 12.1 Å². The van der Waals surface area contributed by atoms with E-state index in [9.17, 15) is 9.59 Å². The quantitative estimate of drug-likeness (QED) is 0.601. The standard InChI is InChI=1S/C15H19IO5/c1-9-10(5-11(16)6-12(9)14(18)19)7-20-8-13(17)21-15(2,3)4/h5-6H,7-8H2,1-4H3,(H,18,19). The minimum absolute atomic E-state index is 0.162. The van der Waals surface area contributed by atoms with Crippen LogP contribution in [0.5, 0.6) is 0 Å². The summed E-state index contributed by atoms with van der Waals surface area (Å²) in [5.74, 6) is -1.41. The molecule has 6 heteroatoms. The fourth-order valence-electron chi connectivity index (χ4n) is 1.72. The van der Waals surface area contributed by atoms with Gasteiger partial charge in [0.15, 0.2) is 0 Å². The molecule has 0 atom stereocenters. The smallest absolute Gasteiger partial charge is 0.336 e. The molecule has 21 heavy (non-hydrogen) atoms. The van der Waals surface area contributed by atoms with E-state index in [1.54, 1.807) is 33.8 Å². The highest BCUT2D eigenvalue weighted by Gasteiger charge is 2.17. The molecule has 0 heterocycles. The van der Waals surface area contributed by atoms with E-state index in [0.717, 1.165) is 9.13 Å². The van der Waals surface area contributed by atoms with Gasteiger partial charge in [0, 0.05) is 3.57 Å². The summed E-state index contributed by atoms with van der Waals surface area (Å²) >= 11 is 2.05. The van der Waals surface area contributed by atoms with Crippen molar-refractivity contribution in [2.45, 2.75) is 39.9 Å². The molecule has 0 aliphatic rings. The number of hydrogen-bond acceptors (Lipinski definition) is 4. The van der Waals surface area contributed by atoms with E-state index in [-0.39, 0.29) is 18.8 Å². The van der Waals surface area contributed by atoms with Crippen LogP contribution in [-0.4, -0.2) is 29.3 Å². The fraction of sp³-hybridized carbons (Fsp3) is 0.467. The van der Waals surface area contributed by atoms with Gasteiger partial charge < -0.3 is 14.6 Å². The summed E-state index contributed by atoms with van der Waals surface area (Å²) in [6.07, 6.45) is 0. The molecule has 0 amide bonds. The van der Waals surface area contributed by atoms with Crippen molar-refractivity contribution in [3.63, 3.8) is 0 Å². The fourth-order valence-corrected chi connectivity index (χ4v) is 2.41. The number of carboxylic acid groups (broad SMARTS) is 1. The van der Waals surface area contributed by atoms with Crippen LogP contribution in [0.1, 0.15) is 42.3 Å². The second-order valence-corrected chi connectivity index (χ2v) is 6.87. The van der Waals surface area contributed by atoms with Gasteiger partial charge in [-0.3, -0.25) is 0 Å². The molecule has 0 aromatic heterocycles. The van der Waals surface area contributed by atoms with Crippen molar-refractivity contribution < 1.29 is 24.2 Å². The Balaban J connectivity index is 2.68. The summed E-state index contributed by atoms with van der Waals surface area (Å²) in [6.45, 7) is 7.09. The molecule has 1 aromatic rings. The van der Waals surface area contributed by atoms with E-state index in [0.29, 0.717) is 5.56 Å². The zero-order valence-corrected chi connectivity index (χ0v) is 14.7. The van der Waals surface area contributed by atoms with Gasteiger partial charge in [-0.2, -0.15) is 0 Å². The van der Waals surface area contributed by atoms with Crippen LogP contribution >= 0.6 is 22.6 Å². The Morgan fingerprint density at radius 2 is 1.90 bits per heavy atom. The van der Waals surface area contributed by atoms with E-state index >= 15 is 0 Å². The first kappa shape index (κ1) is 17.9. The van der Waals surface area contributed by atoms with Gasteiger partial charge in [-0.05, 0) is 73.5 Å². The number of carbonyl (C=O) groups is 2. The van der Waals surface area contributed by atoms with Crippen LogP contribution in [0.25, 0.3) is 0 Å². The highest BCUT2D eigenvalue weighted by atomic mass is 127. The van der Waals surface area contributed by atoms with Gasteiger partial charge in [-0.25, -0.2) is 9.59 Å². The first-order valence-electron chi connectivity index (χ1n) is 6.42. The van der Waals surface area contributed by atoms with Crippen LogP contribution < -0.4 is 0 Å². The lowest BCUT2D eigenvalue weighted by atomic mass is 10.0. The summed E-state index contributed by atoms with van der Waals surface area (Å²) < 4.78 is 11.3. The third-order valence-corrected chi connectivity index (χ3v) is 3.23. The maximum atomic E-state index is 11.5. The van der Waals surface area contributed by atoms with Crippen LogP contribution in [0.2, 0.25) is 0 Å². The number of benzene rings is 1. The Kier molecular flexibility index (Phi) is 6.15. The third-order valence-electron chi connectivity index (χ3n) is 2.61. The molecule has 0 aliphatic heterocycles. The lowest BCUT2D eigenvalue weighted by Crippen LogP contribution is -2.26. The highest BCUT2D eigenvalue weighted by Crippen LogP contribution is 2.19. The predicted molar refractivity (Wildman–Crippen MR) is 86.4 cm³/mol. The van der Waals surface area contributed by atoms with Gasteiger partial charge in [0.1, 0.15) is 12.2 Å². The molecule has 1 rings (SSSR count). The number of esters is 1. The molecule has 0 saturated carbocycles. The minimum atomic E-state index is -0.973. The van der Waals surface area contributed by atoms with Gasteiger partial charge in [-0.1, -0.05) is 0 Å². The lowest BCUT2D eigenvalue weighted by Gasteiger charge is -2.19. The molecule has 0 radical (unpaired) electrons. The molecule has 0 bridgehead atoms. The van der Waals surface area contributed by atoms with E-state index in [1.165, 1.54) is 0 Å². The Labute approximate surface area is 137 Å². The molecule has 0 unspecified atom stereocenters. The van der Waals surface area contributed by atoms with Crippen molar-refractivity contribution in [3.8, 4) is 0 Å². The average Bonchev–Trinajstić information content (AvgIpc) is 2.30. The molecule has 0 saturated heterocycles. The summed E-state index contributed by atoms with van der Waals surface area (Å²) in [5.41, 5.74) is 1.10. The number of carbonyl (C=O) groups excluding carboxylic acids is 1. The van der Waals surface area contributed by atoms with Crippen molar-refractivity contribution >= 4 is 34.5 Å². The van der Waals surface area contributed by atoms with Crippen molar-refractivity contribution in [1.82, 2.24) is 0 Å². The molecular formula is C15H19IO5. The Morgan fingerprint density at radius 1 is 1.29 bits per heavy atom. The van der Waals surface area contributed by atoms with Crippen molar-refractivity contribution in [2.24, 2.45) is 0 Å². The van der Waals surface area contributed by atoms with Gasteiger partial charge in [-0.15, -0.1) is 0 Å². The minimum Gasteiger partial charge on any atom is -0.478 e. The molecule has 1 aromatic carbocycles. The molecule has 0 fully saturated rings. The van der Waals surface area contributed by atoms with E-state index in [2.05, 4.69) is 22.6 Å². The van der Waals surface area contributed by atoms with E-state index in [1.807, 2.05) is 6.07 Å². The summed E-state index contributed by atoms with van der Waals surface area (Å²) in [5, 5.41) is 9.14. The summed E-state index contributed by atoms with van der Waals surface area (Å²) in [6, 6.07) is 3.45. The van der Waals surface area contributed by atoms with Crippen LogP contribution in [0.4, 0.5) is 0 Å². The van der Waals surface area contributed by atoms with Gasteiger partial charge in [0.25, 0.3) is 0 Å². The van der Waals surface area contributed by atoms with Crippen molar-refractivity contribution in [2.75, 3.05) is 6.61 Å². The lowest BCUT2D eigenvalue weighted by molar-refractivity contribution is -0.160. The molecule has 0 spiro atoms. The topological polar surface area (TPSA) is 72.8 Å². The Bertz CT molecular complexity index is 546. The number of carboxylic acids is 1. The van der Waals surface area contributed by atoms with Crippen molar-refractivity contribution in [1.29, 1.82) is 0 Å². The SMILES string of the molecule is Cc1c(COCC(=O)OC(C)(C)C)cc(I)cc1C(=O)O. The zero-order valence-electron chi connectivity index (χ0n) is 12.5. The van der Waals surface area contributed by atoms with Crippen LogP contribution in [-0.2, 0) is 20.9 Å². The predicted octanol–water partition coefficient (Wildman–Crippen LogP) is 3.16. The maximum Gasteiger partial charge on any atom is 0.336 e. The second-order valence-electron chi connectivity index (χ2n) is 5.62. The highest BCUT2D eigenvalue weighted by molar-refractivity contribution is 14.1. The van der Waals surface area contributed by atoms with Crippen molar-refractivity contribution in [3.05, 3.63) is 32.4 Å². The number of hydrogen-bond donors (Lipinski definition) is 1. The van der Waals surface area contributed by atoms with Crippen LogP contribution in [0, 0.1) is 10.5 Å². The second kappa shape index (κ2) is 7.22. The monoisotopic (exact) mass is 406 g/mol. The van der Waals surface area contributed by atoms with E-state index in [4.69, 9.17) is 14.6 Å². The third kappa shape index (κ3) is 6.01. The average molecular weight is 406 g/mol. The van der Waals surface area contributed by atoms with E-state index < -0.39 is 17.5 Å². The Hall–Kier alpha value is -1.15. The van der Waals surface area contributed by atoms with Gasteiger partial charge in [0.05, 0.1) is 12.2 Å². The van der Waals surface area contributed by atoms with Gasteiger partial charge >= 0.3 is 11.9 Å². The first-order chi connectivity index (χ1) is 9.60. The Morgan fingerprint density at radius 3 is 2.43 bits per heavy atom.